The van der Waals surface area contributed by atoms with Crippen molar-refractivity contribution in [2.75, 3.05) is 32.9 Å². The van der Waals surface area contributed by atoms with Crippen LogP contribution in [0.15, 0.2) is 0 Å². The van der Waals surface area contributed by atoms with Crippen molar-refractivity contribution in [2.45, 2.75) is 18.9 Å². The van der Waals surface area contributed by atoms with E-state index in [1.807, 2.05) is 0 Å². The number of ether oxygens (including phenoxy) is 2. The van der Waals surface area contributed by atoms with Gasteiger partial charge in [-0.2, -0.15) is 0 Å². The van der Waals surface area contributed by atoms with E-state index in [4.69, 9.17) is 9.47 Å². The van der Waals surface area contributed by atoms with Gasteiger partial charge in [-0.15, -0.1) is 0 Å². The molecule has 0 aromatic carbocycles. The summed E-state index contributed by atoms with van der Waals surface area (Å²) in [6.07, 6.45) is 2.86. The van der Waals surface area contributed by atoms with Crippen LogP contribution in [0.1, 0.15) is 12.8 Å². The fourth-order valence-electron chi connectivity index (χ4n) is 1.99. The lowest BCUT2D eigenvalue weighted by Crippen LogP contribution is -2.40. The summed E-state index contributed by atoms with van der Waals surface area (Å²) in [5.41, 5.74) is 0. The Hall–Kier alpha value is -0.120. The van der Waals surface area contributed by atoms with Gasteiger partial charge in [0.05, 0.1) is 25.9 Å². The number of hydrogen-bond donors (Lipinski definition) is 1. The average Bonchev–Trinajstić information content (AvgIpc) is 2.21. The molecule has 0 saturated carbocycles. The lowest BCUT2D eigenvalue weighted by Gasteiger charge is -2.32. The number of hydrogen-bond acceptors (Lipinski definition) is 3. The van der Waals surface area contributed by atoms with Crippen molar-refractivity contribution in [1.29, 1.82) is 0 Å². The molecule has 0 aromatic rings. The van der Waals surface area contributed by atoms with Crippen LogP contribution in [0.3, 0.4) is 0 Å². The molecule has 2 aliphatic rings. The first-order valence-corrected chi connectivity index (χ1v) is 4.87. The van der Waals surface area contributed by atoms with Gasteiger partial charge < -0.3 is 14.8 Å². The molecule has 2 heterocycles. The highest BCUT2D eigenvalue weighted by molar-refractivity contribution is 4.77. The van der Waals surface area contributed by atoms with Gasteiger partial charge in [0.2, 0.25) is 0 Å². The fourth-order valence-corrected chi connectivity index (χ4v) is 1.99. The maximum atomic E-state index is 5.66. The number of piperidine rings is 1. The van der Waals surface area contributed by atoms with E-state index in [0.29, 0.717) is 6.10 Å². The monoisotopic (exact) mass is 171 g/mol. The highest BCUT2D eigenvalue weighted by Crippen LogP contribution is 2.20. The summed E-state index contributed by atoms with van der Waals surface area (Å²) in [6.45, 7) is 4.66. The smallest absolute Gasteiger partial charge is 0.0838 e. The summed E-state index contributed by atoms with van der Waals surface area (Å²) >= 11 is 0. The first kappa shape index (κ1) is 8.48. The highest BCUT2D eigenvalue weighted by atomic mass is 16.6. The number of nitrogens with one attached hydrogen (secondary N) is 1. The Balaban J connectivity index is 1.80. The van der Waals surface area contributed by atoms with E-state index in [0.717, 1.165) is 38.8 Å². The molecule has 0 bridgehead atoms. The van der Waals surface area contributed by atoms with Crippen molar-refractivity contribution in [2.24, 2.45) is 5.92 Å². The molecule has 0 aliphatic carbocycles. The Labute approximate surface area is 73.4 Å². The lowest BCUT2D eigenvalue weighted by atomic mass is 9.92. The van der Waals surface area contributed by atoms with E-state index in [1.165, 1.54) is 12.8 Å². The Morgan fingerprint density at radius 2 is 1.92 bits per heavy atom. The second-order valence-corrected chi connectivity index (χ2v) is 3.57. The molecule has 1 N–H and O–H groups in total. The SMILES string of the molecule is C1CC(C2COCCO2)CCN1. The molecule has 2 rings (SSSR count). The molecule has 2 fully saturated rings. The van der Waals surface area contributed by atoms with Crippen molar-refractivity contribution in [1.82, 2.24) is 5.32 Å². The molecule has 1 atom stereocenters. The second-order valence-electron chi connectivity index (χ2n) is 3.57. The Morgan fingerprint density at radius 3 is 2.58 bits per heavy atom. The summed E-state index contributed by atoms with van der Waals surface area (Å²) in [5.74, 6) is 0.728. The maximum Gasteiger partial charge on any atom is 0.0838 e. The third-order valence-electron chi connectivity index (χ3n) is 2.75. The molecule has 3 nitrogen and oxygen atoms in total. The van der Waals surface area contributed by atoms with Crippen LogP contribution in [0.5, 0.6) is 0 Å². The average molecular weight is 171 g/mol. The van der Waals surface area contributed by atoms with Crippen LogP contribution in [-0.2, 0) is 9.47 Å². The third kappa shape index (κ3) is 1.97. The molecule has 1 unspecified atom stereocenters. The van der Waals surface area contributed by atoms with Gasteiger partial charge in [0.15, 0.2) is 0 Å². The zero-order chi connectivity index (χ0) is 8.23. The van der Waals surface area contributed by atoms with Gasteiger partial charge in [-0.05, 0) is 31.8 Å². The van der Waals surface area contributed by atoms with Crippen LogP contribution in [0.4, 0.5) is 0 Å². The zero-order valence-corrected chi connectivity index (χ0v) is 7.42. The topological polar surface area (TPSA) is 30.5 Å². The molecule has 2 saturated heterocycles. The standard InChI is InChI=1S/C9H17NO2/c1-3-10-4-2-8(1)9-7-11-5-6-12-9/h8-10H,1-7H2. The first-order valence-electron chi connectivity index (χ1n) is 4.87. The van der Waals surface area contributed by atoms with Crippen molar-refractivity contribution in [3.8, 4) is 0 Å². The van der Waals surface area contributed by atoms with E-state index in [-0.39, 0.29) is 0 Å². The molecular formula is C9H17NO2. The van der Waals surface area contributed by atoms with Gasteiger partial charge in [0.1, 0.15) is 0 Å². The van der Waals surface area contributed by atoms with Crippen molar-refractivity contribution in [3.05, 3.63) is 0 Å². The Bertz CT molecular complexity index is 112. The van der Waals surface area contributed by atoms with Crippen LogP contribution in [0.2, 0.25) is 0 Å². The quantitative estimate of drug-likeness (QED) is 0.619. The van der Waals surface area contributed by atoms with Crippen molar-refractivity contribution < 1.29 is 9.47 Å². The van der Waals surface area contributed by atoms with Crippen LogP contribution in [0, 0.1) is 5.92 Å². The summed E-state index contributed by atoms with van der Waals surface area (Å²) in [7, 11) is 0. The third-order valence-corrected chi connectivity index (χ3v) is 2.75. The van der Waals surface area contributed by atoms with Gasteiger partial charge >= 0.3 is 0 Å². The normalized spacial score (nSPS) is 33.5. The molecule has 0 spiro atoms. The maximum absolute atomic E-state index is 5.66. The van der Waals surface area contributed by atoms with Crippen LogP contribution >= 0.6 is 0 Å². The summed E-state index contributed by atoms with van der Waals surface area (Å²) in [4.78, 5) is 0. The molecule has 0 aromatic heterocycles. The van der Waals surface area contributed by atoms with Crippen LogP contribution < -0.4 is 5.32 Å². The summed E-state index contributed by atoms with van der Waals surface area (Å²) in [5, 5.41) is 3.36. The molecule has 0 radical (unpaired) electrons. The van der Waals surface area contributed by atoms with Crippen molar-refractivity contribution in [3.63, 3.8) is 0 Å². The van der Waals surface area contributed by atoms with E-state index in [2.05, 4.69) is 5.32 Å². The van der Waals surface area contributed by atoms with Gasteiger partial charge in [0.25, 0.3) is 0 Å². The lowest BCUT2D eigenvalue weighted by molar-refractivity contribution is -0.114. The van der Waals surface area contributed by atoms with E-state index >= 15 is 0 Å². The minimum Gasteiger partial charge on any atom is -0.376 e. The Kier molecular flexibility index (Phi) is 2.98. The predicted octanol–water partition coefficient (Wildman–Crippen LogP) is 0.401. The van der Waals surface area contributed by atoms with E-state index in [9.17, 15) is 0 Å². The van der Waals surface area contributed by atoms with Crippen LogP contribution in [0.25, 0.3) is 0 Å². The van der Waals surface area contributed by atoms with Gasteiger partial charge in [-0.1, -0.05) is 0 Å². The molecular weight excluding hydrogens is 154 g/mol. The van der Waals surface area contributed by atoms with E-state index < -0.39 is 0 Å². The number of rotatable bonds is 1. The largest absolute Gasteiger partial charge is 0.376 e. The molecule has 0 amide bonds. The molecule has 12 heavy (non-hydrogen) atoms. The summed E-state index contributed by atoms with van der Waals surface area (Å²) in [6, 6.07) is 0. The molecule has 2 aliphatic heterocycles. The zero-order valence-electron chi connectivity index (χ0n) is 7.42. The second kappa shape index (κ2) is 4.21. The minimum absolute atomic E-state index is 0.376. The Morgan fingerprint density at radius 1 is 1.08 bits per heavy atom. The summed E-state index contributed by atoms with van der Waals surface area (Å²) < 4.78 is 11.1. The molecule has 70 valence electrons. The van der Waals surface area contributed by atoms with Gasteiger partial charge in [0, 0.05) is 0 Å². The molecule has 3 heteroatoms. The van der Waals surface area contributed by atoms with E-state index in [1.54, 1.807) is 0 Å². The van der Waals surface area contributed by atoms with Crippen molar-refractivity contribution >= 4 is 0 Å². The highest BCUT2D eigenvalue weighted by Gasteiger charge is 2.26. The van der Waals surface area contributed by atoms with Gasteiger partial charge in [-0.25, -0.2) is 0 Å². The first-order chi connectivity index (χ1) is 5.97. The fraction of sp³-hybridized carbons (Fsp3) is 1.00. The van der Waals surface area contributed by atoms with Gasteiger partial charge in [-0.3, -0.25) is 0 Å². The minimum atomic E-state index is 0.376. The predicted molar refractivity (Wildman–Crippen MR) is 46.2 cm³/mol. The van der Waals surface area contributed by atoms with Crippen LogP contribution in [-0.4, -0.2) is 39.0 Å².